The van der Waals surface area contributed by atoms with Gasteiger partial charge in [-0.15, -0.1) is 0 Å². The number of hydrogen-bond acceptors (Lipinski definition) is 5. The highest BCUT2D eigenvalue weighted by Crippen LogP contribution is 2.38. The molecule has 0 atom stereocenters. The zero-order valence-electron chi connectivity index (χ0n) is 16.8. The summed E-state index contributed by atoms with van der Waals surface area (Å²) >= 11 is 0. The summed E-state index contributed by atoms with van der Waals surface area (Å²) in [6, 6.07) is 1.41. The van der Waals surface area contributed by atoms with Crippen molar-refractivity contribution in [3.63, 3.8) is 0 Å². The number of amides is 4. The van der Waals surface area contributed by atoms with Crippen LogP contribution in [0.25, 0.3) is 0 Å². The van der Waals surface area contributed by atoms with E-state index in [2.05, 4.69) is 11.4 Å². The minimum atomic E-state index is -4.01. The van der Waals surface area contributed by atoms with Gasteiger partial charge < -0.3 is 5.32 Å². The third-order valence-corrected chi connectivity index (χ3v) is 6.78. The highest BCUT2D eigenvalue weighted by molar-refractivity contribution is 7.90. The van der Waals surface area contributed by atoms with Gasteiger partial charge in [0.05, 0.1) is 5.75 Å². The number of urea groups is 1. The summed E-state index contributed by atoms with van der Waals surface area (Å²) in [5.41, 5.74) is 5.43. The van der Waals surface area contributed by atoms with Gasteiger partial charge in [0.15, 0.2) is 0 Å². The molecule has 3 rings (SSSR count). The molecule has 0 saturated heterocycles. The molecule has 9 heteroatoms. The van der Waals surface area contributed by atoms with Crippen LogP contribution in [0.3, 0.4) is 0 Å². The second-order valence-electron chi connectivity index (χ2n) is 7.52. The second-order valence-corrected chi connectivity index (χ2v) is 9.36. The predicted octanol–water partition coefficient (Wildman–Crippen LogP) is 1.90. The monoisotopic (exact) mass is 421 g/mol. The maximum Gasteiger partial charge on any atom is 0.332 e. The van der Waals surface area contributed by atoms with E-state index in [1.54, 1.807) is 6.92 Å². The lowest BCUT2D eigenvalue weighted by molar-refractivity contribution is -0.142. The Morgan fingerprint density at radius 2 is 1.62 bits per heavy atom. The molecule has 1 aromatic carbocycles. The van der Waals surface area contributed by atoms with Crippen molar-refractivity contribution in [2.24, 2.45) is 0 Å². The smallest absolute Gasteiger partial charge is 0.307 e. The van der Waals surface area contributed by atoms with E-state index in [-0.39, 0.29) is 13.0 Å². The highest BCUT2D eigenvalue weighted by Gasteiger charge is 2.26. The average molecular weight is 422 g/mol. The molecule has 0 fully saturated rings. The van der Waals surface area contributed by atoms with Crippen molar-refractivity contribution < 1.29 is 22.8 Å². The number of carbonyl (C=O) groups is 3. The van der Waals surface area contributed by atoms with Crippen molar-refractivity contribution in [3.8, 4) is 0 Å². The summed E-state index contributed by atoms with van der Waals surface area (Å²) in [5, 5.41) is 2.76. The molecule has 0 spiro atoms. The van der Waals surface area contributed by atoms with E-state index in [0.717, 1.165) is 60.2 Å². The fourth-order valence-corrected chi connectivity index (χ4v) is 5.11. The van der Waals surface area contributed by atoms with Gasteiger partial charge in [0.2, 0.25) is 21.8 Å². The minimum Gasteiger partial charge on any atom is -0.307 e. The standard InChI is InChI=1S/C20H27N3O5S/c1-3-23(13(2)24)18(25)10-11-29(27,28)22-20(26)21-19-16-8-4-6-14(16)12-15-7-5-9-17(15)19/h12H,3-11H2,1-2H3,(H2,21,22,26). The van der Waals surface area contributed by atoms with E-state index in [4.69, 9.17) is 0 Å². The van der Waals surface area contributed by atoms with E-state index in [0.29, 0.717) is 0 Å². The number of sulfonamides is 1. The fourth-order valence-electron chi connectivity index (χ4n) is 4.23. The molecule has 0 unspecified atom stereocenters. The number of rotatable bonds is 6. The first-order chi connectivity index (χ1) is 13.7. The molecule has 2 N–H and O–H groups in total. The van der Waals surface area contributed by atoms with Crippen LogP contribution in [0.2, 0.25) is 0 Å². The summed E-state index contributed by atoms with van der Waals surface area (Å²) < 4.78 is 26.5. The first-order valence-electron chi connectivity index (χ1n) is 10.0. The van der Waals surface area contributed by atoms with Gasteiger partial charge in [0, 0.05) is 25.6 Å². The van der Waals surface area contributed by atoms with Crippen LogP contribution >= 0.6 is 0 Å². The van der Waals surface area contributed by atoms with E-state index in [9.17, 15) is 22.8 Å². The molecule has 0 heterocycles. The third-order valence-electron chi connectivity index (χ3n) is 5.54. The van der Waals surface area contributed by atoms with Crippen LogP contribution in [0.4, 0.5) is 10.5 Å². The van der Waals surface area contributed by atoms with E-state index in [1.807, 2.05) is 4.72 Å². The van der Waals surface area contributed by atoms with Crippen LogP contribution in [-0.2, 0) is 45.3 Å². The average Bonchev–Trinajstić information content (AvgIpc) is 3.28. The number of hydrogen-bond donors (Lipinski definition) is 2. The Morgan fingerprint density at radius 1 is 1.03 bits per heavy atom. The Morgan fingerprint density at radius 3 is 2.14 bits per heavy atom. The normalized spacial score (nSPS) is 14.8. The molecule has 158 valence electrons. The second kappa shape index (κ2) is 8.52. The number of aryl methyl sites for hydroxylation is 2. The van der Waals surface area contributed by atoms with Crippen molar-refractivity contribution in [3.05, 3.63) is 28.3 Å². The van der Waals surface area contributed by atoms with E-state index >= 15 is 0 Å². The Kier molecular flexibility index (Phi) is 6.26. The third kappa shape index (κ3) is 4.77. The first-order valence-corrected chi connectivity index (χ1v) is 11.7. The lowest BCUT2D eigenvalue weighted by atomic mass is 9.99. The summed E-state index contributed by atoms with van der Waals surface area (Å²) in [4.78, 5) is 36.8. The lowest BCUT2D eigenvalue weighted by Gasteiger charge is -2.18. The molecule has 0 aliphatic heterocycles. The van der Waals surface area contributed by atoms with Crippen molar-refractivity contribution >= 4 is 33.6 Å². The van der Waals surface area contributed by atoms with Crippen LogP contribution in [0.15, 0.2) is 6.07 Å². The number of nitrogens with zero attached hydrogens (tertiary/aromatic N) is 1. The molecule has 0 aromatic heterocycles. The Labute approximate surface area is 171 Å². The summed E-state index contributed by atoms with van der Waals surface area (Å²) in [6.07, 6.45) is 5.38. The zero-order valence-corrected chi connectivity index (χ0v) is 17.7. The number of benzene rings is 1. The van der Waals surface area contributed by atoms with Crippen molar-refractivity contribution in [1.29, 1.82) is 0 Å². The van der Waals surface area contributed by atoms with Gasteiger partial charge >= 0.3 is 6.03 Å². The SMILES string of the molecule is CCN(C(C)=O)C(=O)CCS(=O)(=O)NC(=O)Nc1c2c(cc3c1CCC3)CCC2. The number of fused-ring (bicyclic) bond motifs is 2. The Bertz CT molecular complexity index is 923. The molecule has 4 amide bonds. The molecule has 1 aromatic rings. The van der Waals surface area contributed by atoms with Crippen molar-refractivity contribution in [2.45, 2.75) is 58.8 Å². The molecule has 0 radical (unpaired) electrons. The number of imide groups is 1. The summed E-state index contributed by atoms with van der Waals surface area (Å²) in [7, 11) is -4.01. The molecule has 2 aliphatic rings. The quantitative estimate of drug-likeness (QED) is 0.728. The van der Waals surface area contributed by atoms with Crippen LogP contribution in [0.1, 0.15) is 55.4 Å². The number of carbonyl (C=O) groups excluding carboxylic acids is 3. The van der Waals surface area contributed by atoms with Gasteiger partial charge in [-0.2, -0.15) is 0 Å². The minimum absolute atomic E-state index is 0.173. The van der Waals surface area contributed by atoms with Crippen LogP contribution in [0, 0.1) is 0 Å². The van der Waals surface area contributed by atoms with Crippen LogP contribution in [0.5, 0.6) is 0 Å². The highest BCUT2D eigenvalue weighted by atomic mass is 32.2. The largest absolute Gasteiger partial charge is 0.332 e. The van der Waals surface area contributed by atoms with Gasteiger partial charge in [-0.3, -0.25) is 14.5 Å². The Balaban J connectivity index is 1.65. The molecule has 2 aliphatic carbocycles. The molecule has 29 heavy (non-hydrogen) atoms. The van der Waals surface area contributed by atoms with Crippen LogP contribution < -0.4 is 10.0 Å². The van der Waals surface area contributed by atoms with E-state index < -0.39 is 33.6 Å². The number of anilines is 1. The molecular formula is C20H27N3O5S. The molecule has 8 nitrogen and oxygen atoms in total. The van der Waals surface area contributed by atoms with Crippen LogP contribution in [-0.4, -0.2) is 43.5 Å². The van der Waals surface area contributed by atoms with Gasteiger partial charge in [0.25, 0.3) is 0 Å². The maximum atomic E-state index is 12.4. The summed E-state index contributed by atoms with van der Waals surface area (Å²) in [5.74, 6) is -1.58. The van der Waals surface area contributed by atoms with Gasteiger partial charge in [-0.05, 0) is 67.7 Å². The maximum absolute atomic E-state index is 12.4. The fraction of sp³-hybridized carbons (Fsp3) is 0.550. The van der Waals surface area contributed by atoms with Gasteiger partial charge in [0.1, 0.15) is 0 Å². The topological polar surface area (TPSA) is 113 Å². The van der Waals surface area contributed by atoms with Gasteiger partial charge in [-0.1, -0.05) is 6.07 Å². The predicted molar refractivity (Wildman–Crippen MR) is 109 cm³/mol. The molecule has 0 saturated carbocycles. The zero-order chi connectivity index (χ0) is 21.2. The number of nitrogens with one attached hydrogen (secondary N) is 2. The van der Waals surface area contributed by atoms with Crippen molar-refractivity contribution in [2.75, 3.05) is 17.6 Å². The molecular weight excluding hydrogens is 394 g/mol. The Hall–Kier alpha value is -2.42. The van der Waals surface area contributed by atoms with Gasteiger partial charge in [-0.25, -0.2) is 17.9 Å². The summed E-state index contributed by atoms with van der Waals surface area (Å²) in [6.45, 7) is 3.06. The van der Waals surface area contributed by atoms with E-state index in [1.165, 1.54) is 18.1 Å². The first kappa shape index (κ1) is 21.3. The molecule has 0 bridgehead atoms. The van der Waals surface area contributed by atoms with Crippen molar-refractivity contribution in [1.82, 2.24) is 9.62 Å². The lowest BCUT2D eigenvalue weighted by Crippen LogP contribution is -2.39.